The Labute approximate surface area is 142 Å². The highest BCUT2D eigenvalue weighted by atomic mass is 16.2. The lowest BCUT2D eigenvalue weighted by molar-refractivity contribution is -0.131. The maximum atomic E-state index is 12.9. The number of nitrogens with zero attached hydrogens (tertiary/aromatic N) is 2. The van der Waals surface area contributed by atoms with E-state index in [4.69, 9.17) is 0 Å². The van der Waals surface area contributed by atoms with Crippen LogP contribution in [0, 0.1) is 0 Å². The summed E-state index contributed by atoms with van der Waals surface area (Å²) in [6, 6.07) is 7.85. The SMILES string of the molecule is CCCCC(=O)N1CCCN(C(=O)c2c[nH]c3ccccc23)CC1. The summed E-state index contributed by atoms with van der Waals surface area (Å²) in [7, 11) is 0. The first-order valence-electron chi connectivity index (χ1n) is 8.84. The lowest BCUT2D eigenvalue weighted by Crippen LogP contribution is -2.37. The van der Waals surface area contributed by atoms with Crippen LogP contribution in [0.5, 0.6) is 0 Å². The summed E-state index contributed by atoms with van der Waals surface area (Å²) in [5.74, 6) is 0.272. The van der Waals surface area contributed by atoms with Crippen molar-refractivity contribution in [2.45, 2.75) is 32.6 Å². The Morgan fingerprint density at radius 3 is 2.67 bits per heavy atom. The zero-order valence-electron chi connectivity index (χ0n) is 14.3. The third-order valence-electron chi connectivity index (χ3n) is 4.70. The van der Waals surface area contributed by atoms with E-state index >= 15 is 0 Å². The minimum atomic E-state index is 0.0512. The Morgan fingerprint density at radius 2 is 1.83 bits per heavy atom. The number of nitrogens with one attached hydrogen (secondary N) is 1. The number of H-pyrrole nitrogens is 1. The lowest BCUT2D eigenvalue weighted by atomic mass is 10.1. The lowest BCUT2D eigenvalue weighted by Gasteiger charge is -2.22. The number of benzene rings is 1. The van der Waals surface area contributed by atoms with Crippen molar-refractivity contribution < 1.29 is 9.59 Å². The van der Waals surface area contributed by atoms with Crippen LogP contribution >= 0.6 is 0 Å². The van der Waals surface area contributed by atoms with E-state index in [0.717, 1.165) is 42.3 Å². The second-order valence-electron chi connectivity index (χ2n) is 6.38. The van der Waals surface area contributed by atoms with Crippen LogP contribution in [0.1, 0.15) is 43.0 Å². The molecule has 128 valence electrons. The van der Waals surface area contributed by atoms with Crippen LogP contribution in [0.4, 0.5) is 0 Å². The molecular formula is C19H25N3O2. The molecule has 0 saturated carbocycles. The second kappa shape index (κ2) is 7.51. The van der Waals surface area contributed by atoms with Gasteiger partial charge in [0.05, 0.1) is 5.56 Å². The fourth-order valence-electron chi connectivity index (χ4n) is 3.27. The first-order chi connectivity index (χ1) is 11.7. The van der Waals surface area contributed by atoms with Gasteiger partial charge in [0.1, 0.15) is 0 Å². The van der Waals surface area contributed by atoms with Crippen LogP contribution in [0.15, 0.2) is 30.5 Å². The molecule has 1 aliphatic heterocycles. The number of fused-ring (bicyclic) bond motifs is 1. The van der Waals surface area contributed by atoms with E-state index in [9.17, 15) is 9.59 Å². The van der Waals surface area contributed by atoms with Crippen molar-refractivity contribution in [3.8, 4) is 0 Å². The van der Waals surface area contributed by atoms with Crippen molar-refractivity contribution in [3.63, 3.8) is 0 Å². The fourth-order valence-corrected chi connectivity index (χ4v) is 3.27. The van der Waals surface area contributed by atoms with Gasteiger partial charge in [0, 0.05) is 49.7 Å². The summed E-state index contributed by atoms with van der Waals surface area (Å²) in [5, 5.41) is 0.961. The molecule has 0 aliphatic carbocycles. The number of amides is 2. The van der Waals surface area contributed by atoms with Crippen molar-refractivity contribution in [2.75, 3.05) is 26.2 Å². The second-order valence-corrected chi connectivity index (χ2v) is 6.38. The van der Waals surface area contributed by atoms with Gasteiger partial charge in [-0.15, -0.1) is 0 Å². The van der Waals surface area contributed by atoms with E-state index in [-0.39, 0.29) is 11.8 Å². The zero-order chi connectivity index (χ0) is 16.9. The van der Waals surface area contributed by atoms with Gasteiger partial charge in [-0.2, -0.15) is 0 Å². The molecule has 1 N–H and O–H groups in total. The van der Waals surface area contributed by atoms with E-state index in [1.165, 1.54) is 0 Å². The molecule has 3 rings (SSSR count). The molecule has 0 atom stereocenters. The number of carbonyl (C=O) groups excluding carboxylic acids is 2. The monoisotopic (exact) mass is 327 g/mol. The number of rotatable bonds is 4. The predicted molar refractivity (Wildman–Crippen MR) is 94.9 cm³/mol. The van der Waals surface area contributed by atoms with Gasteiger partial charge < -0.3 is 14.8 Å². The topological polar surface area (TPSA) is 56.4 Å². The van der Waals surface area contributed by atoms with Crippen LogP contribution in [0.3, 0.4) is 0 Å². The van der Waals surface area contributed by atoms with E-state index < -0.39 is 0 Å². The highest BCUT2D eigenvalue weighted by molar-refractivity contribution is 6.06. The largest absolute Gasteiger partial charge is 0.360 e. The zero-order valence-corrected chi connectivity index (χ0v) is 14.3. The van der Waals surface area contributed by atoms with Crippen LogP contribution in [0.2, 0.25) is 0 Å². The average Bonchev–Trinajstić information content (AvgIpc) is 2.88. The molecule has 5 nitrogen and oxygen atoms in total. The molecule has 1 saturated heterocycles. The first kappa shape index (κ1) is 16.6. The van der Waals surface area contributed by atoms with Gasteiger partial charge >= 0.3 is 0 Å². The Balaban J connectivity index is 1.67. The molecule has 0 spiro atoms. The number of aromatic amines is 1. The number of unbranched alkanes of at least 4 members (excludes halogenated alkanes) is 1. The smallest absolute Gasteiger partial charge is 0.256 e. The van der Waals surface area contributed by atoms with Crippen molar-refractivity contribution in [3.05, 3.63) is 36.0 Å². The third kappa shape index (κ3) is 3.45. The molecular weight excluding hydrogens is 302 g/mol. The third-order valence-corrected chi connectivity index (χ3v) is 4.70. The van der Waals surface area contributed by atoms with Crippen molar-refractivity contribution >= 4 is 22.7 Å². The van der Waals surface area contributed by atoms with Crippen LogP contribution in [0.25, 0.3) is 10.9 Å². The quantitative estimate of drug-likeness (QED) is 0.938. The first-order valence-corrected chi connectivity index (χ1v) is 8.84. The van der Waals surface area contributed by atoms with E-state index in [1.54, 1.807) is 6.20 Å². The number of para-hydroxylation sites is 1. The Morgan fingerprint density at radius 1 is 1.08 bits per heavy atom. The van der Waals surface area contributed by atoms with Crippen molar-refractivity contribution in [1.82, 2.24) is 14.8 Å². The van der Waals surface area contributed by atoms with E-state index in [1.807, 2.05) is 34.1 Å². The summed E-state index contributed by atoms with van der Waals surface area (Å²) in [4.78, 5) is 32.0. The molecule has 0 unspecified atom stereocenters. The number of hydrogen-bond acceptors (Lipinski definition) is 2. The normalized spacial score (nSPS) is 15.5. The number of aromatic nitrogens is 1. The van der Waals surface area contributed by atoms with Gasteiger partial charge in [0.2, 0.25) is 5.91 Å². The molecule has 1 aromatic heterocycles. The molecule has 2 amide bonds. The maximum absolute atomic E-state index is 12.9. The molecule has 1 fully saturated rings. The van der Waals surface area contributed by atoms with Gasteiger partial charge in [-0.25, -0.2) is 0 Å². The van der Waals surface area contributed by atoms with E-state index in [0.29, 0.717) is 26.1 Å². The maximum Gasteiger partial charge on any atom is 0.256 e. The minimum absolute atomic E-state index is 0.0512. The summed E-state index contributed by atoms with van der Waals surface area (Å²) in [6.07, 6.45) is 5.22. The Kier molecular flexibility index (Phi) is 5.18. The molecule has 1 aliphatic rings. The number of hydrogen-bond donors (Lipinski definition) is 1. The van der Waals surface area contributed by atoms with Crippen molar-refractivity contribution in [2.24, 2.45) is 0 Å². The Bertz CT molecular complexity index is 722. The fraction of sp³-hybridized carbons (Fsp3) is 0.474. The molecule has 2 aromatic rings. The minimum Gasteiger partial charge on any atom is -0.360 e. The van der Waals surface area contributed by atoms with Gasteiger partial charge in [0.25, 0.3) is 5.91 Å². The highest BCUT2D eigenvalue weighted by Gasteiger charge is 2.24. The molecule has 1 aromatic carbocycles. The predicted octanol–water partition coefficient (Wildman–Crippen LogP) is 3.03. The summed E-state index contributed by atoms with van der Waals surface area (Å²) in [5.41, 5.74) is 1.70. The standard InChI is InChI=1S/C19H25N3O2/c1-2-3-9-18(23)21-10-6-11-22(13-12-21)19(24)16-14-20-17-8-5-4-7-15(16)17/h4-5,7-8,14,20H,2-3,6,9-13H2,1H3. The summed E-state index contributed by atoms with van der Waals surface area (Å²) in [6.45, 7) is 4.79. The molecule has 5 heteroatoms. The van der Waals surface area contributed by atoms with Crippen LogP contribution < -0.4 is 0 Å². The van der Waals surface area contributed by atoms with Crippen molar-refractivity contribution in [1.29, 1.82) is 0 Å². The van der Waals surface area contributed by atoms with Crippen LogP contribution in [-0.4, -0.2) is 52.8 Å². The highest BCUT2D eigenvalue weighted by Crippen LogP contribution is 2.20. The number of carbonyl (C=O) groups is 2. The molecule has 24 heavy (non-hydrogen) atoms. The Hall–Kier alpha value is -2.30. The van der Waals surface area contributed by atoms with Gasteiger partial charge in [-0.05, 0) is 18.9 Å². The van der Waals surface area contributed by atoms with Gasteiger partial charge in [0.15, 0.2) is 0 Å². The summed E-state index contributed by atoms with van der Waals surface area (Å²) < 4.78 is 0. The summed E-state index contributed by atoms with van der Waals surface area (Å²) >= 11 is 0. The van der Waals surface area contributed by atoms with Crippen LogP contribution in [-0.2, 0) is 4.79 Å². The van der Waals surface area contributed by atoms with Gasteiger partial charge in [-0.1, -0.05) is 31.5 Å². The average molecular weight is 327 g/mol. The van der Waals surface area contributed by atoms with E-state index in [2.05, 4.69) is 11.9 Å². The van der Waals surface area contributed by atoms with Gasteiger partial charge in [-0.3, -0.25) is 9.59 Å². The molecule has 0 bridgehead atoms. The molecule has 2 heterocycles. The molecule has 0 radical (unpaired) electrons.